The van der Waals surface area contributed by atoms with Gasteiger partial charge in [0.2, 0.25) is 5.91 Å². The van der Waals surface area contributed by atoms with Gasteiger partial charge in [-0.2, -0.15) is 0 Å². The van der Waals surface area contributed by atoms with E-state index in [2.05, 4.69) is 10.6 Å². The molecule has 0 spiro atoms. The Morgan fingerprint density at radius 2 is 1.96 bits per heavy atom. The van der Waals surface area contributed by atoms with Crippen molar-refractivity contribution in [3.05, 3.63) is 29.3 Å². The Bertz CT molecular complexity index is 580. The van der Waals surface area contributed by atoms with E-state index in [9.17, 15) is 14.7 Å². The van der Waals surface area contributed by atoms with Gasteiger partial charge in [0.25, 0.3) is 0 Å². The summed E-state index contributed by atoms with van der Waals surface area (Å²) in [5.74, 6) is -0.519. The SMILES string of the molecule is CCOC(=O)c1ccc(NC(C)=O)c(CN[C@H]2CC[C@H](O)CC2)c1. The summed E-state index contributed by atoms with van der Waals surface area (Å²) >= 11 is 0. The lowest BCUT2D eigenvalue weighted by atomic mass is 9.93. The number of benzene rings is 1. The molecule has 0 aromatic heterocycles. The molecule has 1 aliphatic rings. The van der Waals surface area contributed by atoms with E-state index in [0.717, 1.165) is 31.2 Å². The van der Waals surface area contributed by atoms with E-state index in [1.165, 1.54) is 6.92 Å². The van der Waals surface area contributed by atoms with Crippen molar-refractivity contribution in [2.75, 3.05) is 11.9 Å². The van der Waals surface area contributed by atoms with Crippen molar-refractivity contribution >= 4 is 17.6 Å². The third-order valence-corrected chi connectivity index (χ3v) is 4.20. The highest BCUT2D eigenvalue weighted by Crippen LogP contribution is 2.22. The van der Waals surface area contributed by atoms with Crippen LogP contribution >= 0.6 is 0 Å². The average molecular weight is 334 g/mol. The van der Waals surface area contributed by atoms with Gasteiger partial charge in [-0.1, -0.05) is 0 Å². The summed E-state index contributed by atoms with van der Waals surface area (Å²) in [6.07, 6.45) is 3.27. The minimum atomic E-state index is -0.367. The number of aliphatic hydroxyl groups is 1. The Morgan fingerprint density at radius 3 is 2.58 bits per heavy atom. The second-order valence-corrected chi connectivity index (χ2v) is 6.16. The zero-order valence-electron chi connectivity index (χ0n) is 14.3. The predicted octanol–water partition coefficient (Wildman–Crippen LogP) is 2.21. The van der Waals surface area contributed by atoms with Gasteiger partial charge in [0.05, 0.1) is 18.3 Å². The number of amides is 1. The highest BCUT2D eigenvalue weighted by Gasteiger charge is 2.19. The fourth-order valence-corrected chi connectivity index (χ4v) is 2.93. The minimum Gasteiger partial charge on any atom is -0.462 e. The quantitative estimate of drug-likeness (QED) is 0.694. The molecule has 24 heavy (non-hydrogen) atoms. The standard InChI is InChI=1S/C18H26N2O4/c1-3-24-18(23)13-4-9-17(20-12(2)21)14(10-13)11-19-15-5-7-16(22)8-6-15/h4,9-10,15-16,19,22H,3,5-8,11H2,1-2H3,(H,20,21)/t15-,16-. The summed E-state index contributed by atoms with van der Waals surface area (Å²) < 4.78 is 5.04. The zero-order valence-corrected chi connectivity index (χ0v) is 14.3. The van der Waals surface area contributed by atoms with Crippen molar-refractivity contribution in [1.82, 2.24) is 5.32 Å². The number of ether oxygens (including phenoxy) is 1. The lowest BCUT2D eigenvalue weighted by Crippen LogP contribution is -2.34. The molecule has 1 aliphatic carbocycles. The van der Waals surface area contributed by atoms with E-state index in [4.69, 9.17) is 4.74 Å². The van der Waals surface area contributed by atoms with Crippen LogP contribution in [0.1, 0.15) is 55.5 Å². The molecule has 0 heterocycles. The maximum absolute atomic E-state index is 11.9. The molecule has 0 saturated heterocycles. The van der Waals surface area contributed by atoms with E-state index < -0.39 is 0 Å². The molecule has 6 nitrogen and oxygen atoms in total. The molecular formula is C18H26N2O4. The van der Waals surface area contributed by atoms with Crippen LogP contribution < -0.4 is 10.6 Å². The van der Waals surface area contributed by atoms with Gasteiger partial charge in [0, 0.05) is 25.2 Å². The molecule has 2 rings (SSSR count). The molecule has 132 valence electrons. The molecule has 0 bridgehead atoms. The Morgan fingerprint density at radius 1 is 1.25 bits per heavy atom. The molecule has 0 aliphatic heterocycles. The lowest BCUT2D eigenvalue weighted by molar-refractivity contribution is -0.114. The van der Waals surface area contributed by atoms with Crippen LogP contribution in [0.15, 0.2) is 18.2 Å². The maximum atomic E-state index is 11.9. The summed E-state index contributed by atoms with van der Waals surface area (Å²) in [5.41, 5.74) is 2.02. The van der Waals surface area contributed by atoms with Crippen molar-refractivity contribution in [2.24, 2.45) is 0 Å². The van der Waals surface area contributed by atoms with Crippen LogP contribution in [0.4, 0.5) is 5.69 Å². The second kappa shape index (κ2) is 8.80. The predicted molar refractivity (Wildman–Crippen MR) is 91.8 cm³/mol. The van der Waals surface area contributed by atoms with Gasteiger partial charge in [0.1, 0.15) is 0 Å². The number of carbonyl (C=O) groups excluding carboxylic acids is 2. The summed E-state index contributed by atoms with van der Waals surface area (Å²) in [6, 6.07) is 5.48. The lowest BCUT2D eigenvalue weighted by Gasteiger charge is -2.26. The minimum absolute atomic E-state index is 0.152. The van der Waals surface area contributed by atoms with E-state index in [-0.39, 0.29) is 18.0 Å². The first kappa shape index (κ1) is 18.4. The smallest absolute Gasteiger partial charge is 0.338 e. The summed E-state index contributed by atoms with van der Waals surface area (Å²) in [4.78, 5) is 23.3. The van der Waals surface area contributed by atoms with E-state index in [0.29, 0.717) is 30.4 Å². The second-order valence-electron chi connectivity index (χ2n) is 6.16. The van der Waals surface area contributed by atoms with E-state index >= 15 is 0 Å². The van der Waals surface area contributed by atoms with Gasteiger partial charge in [-0.15, -0.1) is 0 Å². The average Bonchev–Trinajstić information content (AvgIpc) is 2.55. The Kier molecular flexibility index (Phi) is 6.75. The number of hydrogen-bond acceptors (Lipinski definition) is 5. The van der Waals surface area contributed by atoms with Crippen molar-refractivity contribution in [3.63, 3.8) is 0 Å². The van der Waals surface area contributed by atoms with Crippen LogP contribution in [0.5, 0.6) is 0 Å². The van der Waals surface area contributed by atoms with Crippen LogP contribution in [0, 0.1) is 0 Å². The monoisotopic (exact) mass is 334 g/mol. The highest BCUT2D eigenvalue weighted by atomic mass is 16.5. The third-order valence-electron chi connectivity index (χ3n) is 4.20. The number of aliphatic hydroxyl groups excluding tert-OH is 1. The third kappa shape index (κ3) is 5.32. The van der Waals surface area contributed by atoms with Crippen molar-refractivity contribution < 1.29 is 19.4 Å². The number of esters is 1. The first-order chi connectivity index (χ1) is 11.5. The molecule has 0 atom stereocenters. The molecular weight excluding hydrogens is 308 g/mol. The molecule has 1 aromatic carbocycles. The Hall–Kier alpha value is -1.92. The number of rotatable bonds is 6. The molecule has 0 radical (unpaired) electrons. The summed E-state index contributed by atoms with van der Waals surface area (Å²) in [6.45, 7) is 4.09. The van der Waals surface area contributed by atoms with Gasteiger partial charge in [0.15, 0.2) is 0 Å². The maximum Gasteiger partial charge on any atom is 0.338 e. The van der Waals surface area contributed by atoms with Gasteiger partial charge in [-0.05, 0) is 56.4 Å². The molecule has 3 N–H and O–H groups in total. The Balaban J connectivity index is 2.09. The molecule has 1 saturated carbocycles. The molecule has 1 amide bonds. The van der Waals surface area contributed by atoms with Gasteiger partial charge < -0.3 is 20.5 Å². The molecule has 1 aromatic rings. The van der Waals surface area contributed by atoms with E-state index in [1.54, 1.807) is 25.1 Å². The first-order valence-electron chi connectivity index (χ1n) is 8.48. The topological polar surface area (TPSA) is 87.7 Å². The van der Waals surface area contributed by atoms with Crippen molar-refractivity contribution in [2.45, 2.75) is 58.2 Å². The van der Waals surface area contributed by atoms with Gasteiger partial charge in [-0.3, -0.25) is 4.79 Å². The van der Waals surface area contributed by atoms with Crippen LogP contribution in [0.2, 0.25) is 0 Å². The number of anilines is 1. The van der Waals surface area contributed by atoms with Crippen LogP contribution in [0.3, 0.4) is 0 Å². The fraction of sp³-hybridized carbons (Fsp3) is 0.556. The first-order valence-corrected chi connectivity index (χ1v) is 8.48. The highest BCUT2D eigenvalue weighted by molar-refractivity contribution is 5.93. The summed E-state index contributed by atoms with van der Waals surface area (Å²) in [5, 5.41) is 15.8. The molecule has 6 heteroatoms. The van der Waals surface area contributed by atoms with E-state index in [1.807, 2.05) is 0 Å². The van der Waals surface area contributed by atoms with Crippen LogP contribution in [-0.4, -0.2) is 35.7 Å². The largest absolute Gasteiger partial charge is 0.462 e. The summed E-state index contributed by atoms with van der Waals surface area (Å²) in [7, 11) is 0. The van der Waals surface area contributed by atoms with Crippen molar-refractivity contribution in [1.29, 1.82) is 0 Å². The number of nitrogens with one attached hydrogen (secondary N) is 2. The number of carbonyl (C=O) groups is 2. The normalized spacial score (nSPS) is 20.5. The fourth-order valence-electron chi connectivity index (χ4n) is 2.93. The van der Waals surface area contributed by atoms with Gasteiger partial charge in [-0.25, -0.2) is 4.79 Å². The molecule has 1 fully saturated rings. The molecule has 0 unspecified atom stereocenters. The zero-order chi connectivity index (χ0) is 17.5. The van der Waals surface area contributed by atoms with Crippen LogP contribution in [-0.2, 0) is 16.1 Å². The van der Waals surface area contributed by atoms with Gasteiger partial charge >= 0.3 is 5.97 Å². The Labute approximate surface area is 142 Å². The number of hydrogen-bond donors (Lipinski definition) is 3. The van der Waals surface area contributed by atoms with Crippen LogP contribution in [0.25, 0.3) is 0 Å². The van der Waals surface area contributed by atoms with Crippen molar-refractivity contribution in [3.8, 4) is 0 Å².